The summed E-state index contributed by atoms with van der Waals surface area (Å²) in [6, 6.07) is 20.5. The van der Waals surface area contributed by atoms with Gasteiger partial charge in [-0.3, -0.25) is 20.2 Å². The highest BCUT2D eigenvalue weighted by molar-refractivity contribution is 9.10. The summed E-state index contributed by atoms with van der Waals surface area (Å²) < 4.78 is 0.678. The van der Waals surface area contributed by atoms with Crippen molar-refractivity contribution in [2.24, 2.45) is 0 Å². The molecule has 9 heteroatoms. The molecule has 0 spiro atoms. The van der Waals surface area contributed by atoms with E-state index < -0.39 is 4.92 Å². The lowest BCUT2D eigenvalue weighted by Crippen LogP contribution is -2.12. The number of nitrogens with one attached hydrogen (secondary N) is 1. The smallest absolute Gasteiger partial charge is 0.269 e. The molecule has 154 valence electrons. The first-order chi connectivity index (χ1) is 14.9. The number of aromatic nitrogens is 1. The van der Waals surface area contributed by atoms with Crippen LogP contribution in [0.3, 0.4) is 0 Å². The largest absolute Gasteiger partial charge is 0.298 e. The van der Waals surface area contributed by atoms with Crippen LogP contribution in [0.1, 0.15) is 10.4 Å². The second-order valence-corrected chi connectivity index (χ2v) is 8.73. The minimum Gasteiger partial charge on any atom is -0.298 e. The number of nitro groups is 1. The average Bonchev–Trinajstić information content (AvgIpc) is 3.18. The summed E-state index contributed by atoms with van der Waals surface area (Å²) in [5.41, 5.74) is 2.72. The molecule has 0 atom stereocenters. The van der Waals surface area contributed by atoms with E-state index in [9.17, 15) is 14.9 Å². The van der Waals surface area contributed by atoms with E-state index in [2.05, 4.69) is 26.2 Å². The fourth-order valence-corrected chi connectivity index (χ4v) is 4.50. The minimum atomic E-state index is -0.445. The van der Waals surface area contributed by atoms with Crippen LogP contribution in [0.5, 0.6) is 0 Å². The van der Waals surface area contributed by atoms with Crippen LogP contribution < -0.4 is 5.32 Å². The second kappa shape index (κ2) is 8.97. The fraction of sp³-hybridized carbons (Fsp3) is 0. The Morgan fingerprint density at radius 2 is 1.65 bits per heavy atom. The van der Waals surface area contributed by atoms with Gasteiger partial charge in [0.25, 0.3) is 11.6 Å². The standard InChI is InChI=1S/C22H13BrClN3O3S/c23-18-4-2-1-3-17(18)21(28)26-22-25-19(13-5-9-15(24)10-6-13)20(31-22)14-7-11-16(12-8-14)27(29)30/h1-12H,(H,25,26,28). The van der Waals surface area contributed by atoms with Gasteiger partial charge in [0, 0.05) is 27.2 Å². The fourth-order valence-electron chi connectivity index (χ4n) is 2.92. The molecule has 0 unspecified atom stereocenters. The van der Waals surface area contributed by atoms with Gasteiger partial charge in [0.05, 0.1) is 21.1 Å². The summed E-state index contributed by atoms with van der Waals surface area (Å²) in [6.07, 6.45) is 0. The third-order valence-electron chi connectivity index (χ3n) is 4.42. The van der Waals surface area contributed by atoms with Gasteiger partial charge in [-0.25, -0.2) is 4.98 Å². The molecule has 1 aromatic heterocycles. The van der Waals surface area contributed by atoms with Crippen molar-refractivity contribution < 1.29 is 9.72 Å². The van der Waals surface area contributed by atoms with E-state index in [4.69, 9.17) is 11.6 Å². The molecule has 1 heterocycles. The van der Waals surface area contributed by atoms with Crippen LogP contribution >= 0.6 is 38.9 Å². The van der Waals surface area contributed by atoms with E-state index in [0.29, 0.717) is 25.9 Å². The van der Waals surface area contributed by atoms with Crippen LogP contribution in [0.4, 0.5) is 10.8 Å². The van der Waals surface area contributed by atoms with Crippen LogP contribution in [0.15, 0.2) is 77.3 Å². The van der Waals surface area contributed by atoms with E-state index in [1.807, 2.05) is 18.2 Å². The van der Waals surface area contributed by atoms with Gasteiger partial charge in [0.1, 0.15) is 0 Å². The Hall–Kier alpha value is -3.07. The molecule has 0 saturated heterocycles. The molecule has 0 radical (unpaired) electrons. The second-order valence-electron chi connectivity index (χ2n) is 6.44. The third kappa shape index (κ3) is 4.66. The number of rotatable bonds is 5. The molecular formula is C22H13BrClN3O3S. The molecule has 1 amide bonds. The number of thiazole rings is 1. The van der Waals surface area contributed by atoms with E-state index in [1.165, 1.54) is 23.5 Å². The van der Waals surface area contributed by atoms with Crippen molar-refractivity contribution in [2.75, 3.05) is 5.32 Å². The van der Waals surface area contributed by atoms with Gasteiger partial charge >= 0.3 is 0 Å². The van der Waals surface area contributed by atoms with Crippen LogP contribution in [-0.4, -0.2) is 15.8 Å². The summed E-state index contributed by atoms with van der Waals surface area (Å²) in [4.78, 5) is 28.7. The summed E-state index contributed by atoms with van der Waals surface area (Å²) in [5, 5.41) is 14.8. The average molecular weight is 515 g/mol. The van der Waals surface area contributed by atoms with Crippen LogP contribution in [-0.2, 0) is 0 Å². The lowest BCUT2D eigenvalue weighted by Gasteiger charge is -2.03. The lowest BCUT2D eigenvalue weighted by molar-refractivity contribution is -0.384. The highest BCUT2D eigenvalue weighted by Gasteiger charge is 2.19. The number of nitro benzene ring substituents is 1. The van der Waals surface area contributed by atoms with Crippen molar-refractivity contribution in [3.63, 3.8) is 0 Å². The summed E-state index contributed by atoms with van der Waals surface area (Å²) in [6.45, 7) is 0. The van der Waals surface area contributed by atoms with Gasteiger partial charge in [0.15, 0.2) is 5.13 Å². The van der Waals surface area contributed by atoms with Gasteiger partial charge in [-0.1, -0.05) is 47.2 Å². The highest BCUT2D eigenvalue weighted by atomic mass is 79.9. The molecule has 0 fully saturated rings. The number of carbonyl (C=O) groups excluding carboxylic acids is 1. The lowest BCUT2D eigenvalue weighted by atomic mass is 10.1. The van der Waals surface area contributed by atoms with Crippen molar-refractivity contribution >= 4 is 55.6 Å². The number of non-ortho nitro benzene ring substituents is 1. The molecule has 4 rings (SSSR count). The topological polar surface area (TPSA) is 85.1 Å². The van der Waals surface area contributed by atoms with Crippen molar-refractivity contribution in [3.05, 3.63) is 98.0 Å². The highest BCUT2D eigenvalue weighted by Crippen LogP contribution is 2.40. The van der Waals surface area contributed by atoms with Gasteiger partial charge in [0.2, 0.25) is 0 Å². The van der Waals surface area contributed by atoms with E-state index in [1.54, 1.807) is 42.5 Å². The van der Waals surface area contributed by atoms with E-state index in [-0.39, 0.29) is 11.6 Å². The predicted octanol–water partition coefficient (Wildman–Crippen LogP) is 7.05. The zero-order valence-corrected chi connectivity index (χ0v) is 18.9. The van der Waals surface area contributed by atoms with Crippen LogP contribution in [0, 0.1) is 10.1 Å². The van der Waals surface area contributed by atoms with Crippen molar-refractivity contribution in [2.45, 2.75) is 0 Å². The Labute approximate surface area is 194 Å². The zero-order valence-electron chi connectivity index (χ0n) is 15.7. The number of benzene rings is 3. The number of halogens is 2. The van der Waals surface area contributed by atoms with Crippen molar-refractivity contribution in [1.29, 1.82) is 0 Å². The number of amides is 1. The molecule has 0 aliphatic carbocycles. The first-order valence-corrected chi connectivity index (χ1v) is 11.0. The molecular weight excluding hydrogens is 502 g/mol. The first kappa shape index (κ1) is 21.2. The summed E-state index contributed by atoms with van der Waals surface area (Å²) >= 11 is 10.7. The minimum absolute atomic E-state index is 0.00348. The number of anilines is 1. The van der Waals surface area contributed by atoms with Gasteiger partial charge < -0.3 is 0 Å². The molecule has 0 bridgehead atoms. The molecule has 0 aliphatic heterocycles. The quantitative estimate of drug-likeness (QED) is 0.228. The monoisotopic (exact) mass is 513 g/mol. The summed E-state index contributed by atoms with van der Waals surface area (Å²) in [5.74, 6) is -0.292. The van der Waals surface area contributed by atoms with E-state index in [0.717, 1.165) is 16.0 Å². The molecule has 0 saturated carbocycles. The Balaban J connectivity index is 1.75. The molecule has 0 aliphatic rings. The summed E-state index contributed by atoms with van der Waals surface area (Å²) in [7, 11) is 0. The number of hydrogen-bond acceptors (Lipinski definition) is 5. The molecule has 1 N–H and O–H groups in total. The van der Waals surface area contributed by atoms with Crippen LogP contribution in [0.25, 0.3) is 21.7 Å². The molecule has 3 aromatic carbocycles. The number of carbonyl (C=O) groups is 1. The molecule has 31 heavy (non-hydrogen) atoms. The Kier molecular flexibility index (Phi) is 6.13. The van der Waals surface area contributed by atoms with Gasteiger partial charge in [-0.15, -0.1) is 0 Å². The zero-order chi connectivity index (χ0) is 22.0. The molecule has 4 aromatic rings. The molecule has 6 nitrogen and oxygen atoms in total. The third-order valence-corrected chi connectivity index (χ3v) is 6.39. The SMILES string of the molecule is O=C(Nc1nc(-c2ccc(Cl)cc2)c(-c2ccc([N+](=O)[O-])cc2)s1)c1ccccc1Br. The maximum Gasteiger partial charge on any atom is 0.269 e. The van der Waals surface area contributed by atoms with E-state index >= 15 is 0 Å². The van der Waals surface area contributed by atoms with Crippen LogP contribution in [0.2, 0.25) is 5.02 Å². The Bertz CT molecular complexity index is 1270. The van der Waals surface area contributed by atoms with Crippen molar-refractivity contribution in [3.8, 4) is 21.7 Å². The van der Waals surface area contributed by atoms with Gasteiger partial charge in [-0.2, -0.15) is 0 Å². The number of nitrogens with zero attached hydrogens (tertiary/aromatic N) is 2. The Morgan fingerprint density at radius 1 is 1.00 bits per heavy atom. The predicted molar refractivity (Wildman–Crippen MR) is 127 cm³/mol. The normalized spacial score (nSPS) is 10.6. The maximum atomic E-state index is 12.7. The van der Waals surface area contributed by atoms with Crippen molar-refractivity contribution in [1.82, 2.24) is 4.98 Å². The first-order valence-electron chi connectivity index (χ1n) is 9.00. The Morgan fingerprint density at radius 3 is 2.29 bits per heavy atom. The maximum absolute atomic E-state index is 12.7. The van der Waals surface area contributed by atoms with Gasteiger partial charge in [-0.05, 0) is 57.9 Å². The number of hydrogen-bond donors (Lipinski definition) is 1.